The average molecular weight is 722 g/mol. The van der Waals surface area contributed by atoms with Crippen LogP contribution in [0.1, 0.15) is 110 Å². The molecule has 4 heterocycles. The lowest BCUT2D eigenvalue weighted by Gasteiger charge is -2.31. The van der Waals surface area contributed by atoms with E-state index in [0.717, 1.165) is 44.2 Å². The Labute approximate surface area is 291 Å². The second-order valence-corrected chi connectivity index (χ2v) is 15.4. The van der Waals surface area contributed by atoms with Crippen molar-refractivity contribution in [1.82, 2.24) is 29.5 Å². The Morgan fingerprint density at radius 1 is 1.06 bits per heavy atom. The smallest absolute Gasteiger partial charge is 0.335 e. The number of pyridine rings is 1. The molecule has 5 rings (SSSR count). The summed E-state index contributed by atoms with van der Waals surface area (Å²) in [4.78, 5) is 21.7. The van der Waals surface area contributed by atoms with Crippen LogP contribution in [0.15, 0.2) is 36.1 Å². The molecule has 1 atom stereocenters. The van der Waals surface area contributed by atoms with Crippen molar-refractivity contribution in [3.05, 3.63) is 53.6 Å². The van der Waals surface area contributed by atoms with E-state index in [1.807, 2.05) is 48.5 Å². The van der Waals surface area contributed by atoms with Crippen LogP contribution >= 0.6 is 19.9 Å². The van der Waals surface area contributed by atoms with E-state index < -0.39 is 43.7 Å². The maximum Gasteiger partial charge on any atom is 0.335 e. The standard InChI is InChI=1S/C31H40F2N7O4PS.C2H6O/c1-19(42-45(43-30(2,3)4)44-31(5,6)7)39-16-20(15-34-39)29-36-24(18-46-29)28(41)35-23-17-40(21-11-9-8-10-12-21)38-27(23)26-22(32)13-14-25(33)37-26;1-2-3/h13-19,21H,8-12H2,1-7H3,(H,35,41);3H,2H2,1H3. The number of carbonyl (C=O) groups is 1. The zero-order valence-corrected chi connectivity index (χ0v) is 30.9. The predicted octanol–water partition coefficient (Wildman–Crippen LogP) is 8.69. The Bertz CT molecular complexity index is 1660. The van der Waals surface area contributed by atoms with Crippen molar-refractivity contribution in [2.24, 2.45) is 0 Å². The monoisotopic (exact) mass is 721 g/mol. The summed E-state index contributed by atoms with van der Waals surface area (Å²) in [6.07, 6.45) is 9.63. The van der Waals surface area contributed by atoms with Crippen LogP contribution in [-0.4, -0.2) is 58.4 Å². The van der Waals surface area contributed by atoms with Gasteiger partial charge in [0, 0.05) is 29.9 Å². The normalized spacial score (nSPS) is 14.9. The van der Waals surface area contributed by atoms with Crippen LogP contribution in [0.4, 0.5) is 14.5 Å². The molecule has 49 heavy (non-hydrogen) atoms. The van der Waals surface area contributed by atoms with E-state index >= 15 is 0 Å². The third-order valence-corrected chi connectivity index (χ3v) is 9.62. The van der Waals surface area contributed by atoms with Crippen molar-refractivity contribution in [2.75, 3.05) is 11.9 Å². The van der Waals surface area contributed by atoms with Crippen LogP contribution in [0.25, 0.3) is 22.0 Å². The average Bonchev–Trinajstić information content (AvgIpc) is 3.78. The minimum absolute atomic E-state index is 0.0625. The van der Waals surface area contributed by atoms with E-state index in [-0.39, 0.29) is 35.4 Å². The van der Waals surface area contributed by atoms with Gasteiger partial charge in [0.25, 0.3) is 5.91 Å². The molecule has 1 amide bonds. The molecule has 0 aliphatic heterocycles. The van der Waals surface area contributed by atoms with E-state index in [0.29, 0.717) is 10.6 Å². The van der Waals surface area contributed by atoms with Crippen molar-refractivity contribution >= 4 is 31.5 Å². The summed E-state index contributed by atoms with van der Waals surface area (Å²) in [6.45, 7) is 15.4. The largest absolute Gasteiger partial charge is 0.397 e. The number of hydrogen-bond acceptors (Lipinski definition) is 10. The van der Waals surface area contributed by atoms with E-state index in [9.17, 15) is 13.6 Å². The summed E-state index contributed by atoms with van der Waals surface area (Å²) >= 11 is 1.27. The number of hydrogen-bond donors (Lipinski definition) is 2. The number of aliphatic hydroxyl groups excluding tert-OH is 1. The lowest BCUT2D eigenvalue weighted by molar-refractivity contribution is 0.00547. The number of rotatable bonds is 10. The first-order chi connectivity index (χ1) is 23.1. The van der Waals surface area contributed by atoms with Gasteiger partial charge < -0.3 is 19.5 Å². The number of aromatic nitrogens is 6. The van der Waals surface area contributed by atoms with Gasteiger partial charge in [0.15, 0.2) is 12.0 Å². The van der Waals surface area contributed by atoms with Gasteiger partial charge in [-0.3, -0.25) is 14.0 Å². The third kappa shape index (κ3) is 11.1. The molecule has 1 unspecified atom stereocenters. The molecule has 0 bridgehead atoms. The highest BCUT2D eigenvalue weighted by molar-refractivity contribution is 7.41. The number of nitrogens with one attached hydrogen (secondary N) is 1. The molecule has 268 valence electrons. The van der Waals surface area contributed by atoms with Gasteiger partial charge in [0.2, 0.25) is 5.95 Å². The van der Waals surface area contributed by atoms with Gasteiger partial charge in [-0.1, -0.05) is 19.3 Å². The molecule has 1 aliphatic carbocycles. The Kier molecular flexibility index (Phi) is 13.1. The minimum atomic E-state index is -1.68. The van der Waals surface area contributed by atoms with Crippen LogP contribution in [0.2, 0.25) is 0 Å². The van der Waals surface area contributed by atoms with Gasteiger partial charge in [-0.15, -0.1) is 11.3 Å². The number of amides is 1. The predicted molar refractivity (Wildman–Crippen MR) is 186 cm³/mol. The minimum Gasteiger partial charge on any atom is -0.397 e. The summed E-state index contributed by atoms with van der Waals surface area (Å²) < 4.78 is 50.4. The SMILES string of the molecule is CC(OP(OC(C)(C)C)OC(C)(C)C)n1cc(-c2nc(C(=O)Nc3cn(C4CCCCC4)nc3-c3nc(F)ccc3F)cs2)cn1.CCO. The molecule has 16 heteroatoms. The van der Waals surface area contributed by atoms with E-state index in [4.69, 9.17) is 18.7 Å². The molecule has 1 aliphatic rings. The highest BCUT2D eigenvalue weighted by Gasteiger charge is 2.30. The molecule has 4 aromatic rings. The first-order valence-electron chi connectivity index (χ1n) is 16.3. The zero-order valence-electron chi connectivity index (χ0n) is 29.2. The molecule has 12 nitrogen and oxygen atoms in total. The van der Waals surface area contributed by atoms with Gasteiger partial charge in [-0.2, -0.15) is 14.6 Å². The summed E-state index contributed by atoms with van der Waals surface area (Å²) in [5.41, 5.74) is -0.0739. The number of anilines is 1. The van der Waals surface area contributed by atoms with E-state index in [1.165, 1.54) is 11.3 Å². The first kappa shape index (κ1) is 38.6. The summed E-state index contributed by atoms with van der Waals surface area (Å²) in [7, 11) is -1.68. The van der Waals surface area contributed by atoms with E-state index in [1.54, 1.807) is 40.3 Å². The Morgan fingerprint density at radius 3 is 2.35 bits per heavy atom. The fourth-order valence-corrected chi connectivity index (χ4v) is 6.94. The molecule has 0 spiro atoms. The Hall–Kier alpha value is -3.20. The lowest BCUT2D eigenvalue weighted by Crippen LogP contribution is -2.23. The van der Waals surface area contributed by atoms with Crippen molar-refractivity contribution in [3.63, 3.8) is 0 Å². The van der Waals surface area contributed by atoms with Gasteiger partial charge in [-0.05, 0) is 80.4 Å². The highest BCUT2D eigenvalue weighted by Crippen LogP contribution is 2.49. The second-order valence-electron chi connectivity index (χ2n) is 13.5. The van der Waals surface area contributed by atoms with E-state index in [2.05, 4.69) is 25.5 Å². The fourth-order valence-electron chi connectivity index (χ4n) is 4.80. The third-order valence-electron chi connectivity index (χ3n) is 6.86. The molecule has 4 aromatic heterocycles. The maximum absolute atomic E-state index is 14.8. The number of thiazole rings is 1. The molecule has 1 fully saturated rings. The topological polar surface area (TPSA) is 138 Å². The van der Waals surface area contributed by atoms with Crippen LogP contribution in [0.5, 0.6) is 0 Å². The quantitative estimate of drug-likeness (QED) is 0.122. The van der Waals surface area contributed by atoms with Gasteiger partial charge in [0.05, 0.1) is 29.1 Å². The summed E-state index contributed by atoms with van der Waals surface area (Å²) in [5.74, 6) is -2.10. The number of nitrogens with zero attached hydrogens (tertiary/aromatic N) is 6. The maximum atomic E-state index is 14.8. The van der Waals surface area contributed by atoms with Gasteiger partial charge >= 0.3 is 8.60 Å². The van der Waals surface area contributed by atoms with Crippen molar-refractivity contribution < 1.29 is 32.3 Å². The zero-order chi connectivity index (χ0) is 35.9. The molecule has 2 N–H and O–H groups in total. The van der Waals surface area contributed by atoms with Crippen molar-refractivity contribution in [1.29, 1.82) is 0 Å². The number of carbonyl (C=O) groups excluding carboxylic acids is 1. The molecule has 0 saturated heterocycles. The fraction of sp³-hybridized carbons (Fsp3) is 0.545. The first-order valence-corrected chi connectivity index (χ1v) is 18.2. The molecule has 1 saturated carbocycles. The Balaban J connectivity index is 0.00000174. The highest BCUT2D eigenvalue weighted by atomic mass is 32.1. The van der Waals surface area contributed by atoms with Crippen LogP contribution < -0.4 is 5.32 Å². The van der Waals surface area contributed by atoms with Crippen LogP contribution in [0, 0.1) is 11.8 Å². The molecular weight excluding hydrogens is 675 g/mol. The van der Waals surface area contributed by atoms with Crippen molar-refractivity contribution in [3.8, 4) is 22.0 Å². The van der Waals surface area contributed by atoms with Crippen LogP contribution in [0.3, 0.4) is 0 Å². The molecule has 0 radical (unpaired) electrons. The lowest BCUT2D eigenvalue weighted by atomic mass is 9.96. The second kappa shape index (κ2) is 16.7. The molecular formula is C33H46F2N7O5PS. The Morgan fingerprint density at radius 2 is 1.71 bits per heavy atom. The van der Waals surface area contributed by atoms with Gasteiger partial charge in [-0.25, -0.2) is 19.0 Å². The summed E-state index contributed by atoms with van der Waals surface area (Å²) in [6, 6.07) is 2.04. The van der Waals surface area contributed by atoms with Gasteiger partial charge in [0.1, 0.15) is 22.1 Å². The molecule has 0 aromatic carbocycles. The summed E-state index contributed by atoms with van der Waals surface area (Å²) in [5, 5.41) is 21.6. The van der Waals surface area contributed by atoms with Crippen molar-refractivity contribution in [2.45, 2.75) is 111 Å². The number of halogens is 2. The van der Waals surface area contributed by atoms with Crippen LogP contribution in [-0.2, 0) is 13.6 Å². The number of aliphatic hydroxyl groups is 1.